The van der Waals surface area contributed by atoms with E-state index in [1.54, 1.807) is 13.2 Å². The van der Waals surface area contributed by atoms with Crippen molar-refractivity contribution in [1.82, 2.24) is 15.0 Å². The second kappa shape index (κ2) is 10.1. The molecule has 0 aliphatic carbocycles. The molecule has 2 N–H and O–H groups in total. The molecule has 0 atom stereocenters. The van der Waals surface area contributed by atoms with Gasteiger partial charge in [0.05, 0.1) is 19.3 Å². The van der Waals surface area contributed by atoms with Crippen molar-refractivity contribution in [1.29, 1.82) is 0 Å². The number of aromatic nitrogens is 3. The lowest BCUT2D eigenvalue weighted by atomic mass is 9.73. The molecule has 180 valence electrons. The SMILES string of the molecule is COc1c(C)cnc(CN(CC2(c3ccc(F)cc3)CCOCC2)c2cc(Cl)nc(N)n2)c1C. The average Bonchev–Trinajstić information content (AvgIpc) is 2.81. The Labute approximate surface area is 204 Å². The van der Waals surface area contributed by atoms with Crippen molar-refractivity contribution in [2.24, 2.45) is 0 Å². The Kier molecular flexibility index (Phi) is 7.19. The predicted molar refractivity (Wildman–Crippen MR) is 131 cm³/mol. The number of benzene rings is 1. The van der Waals surface area contributed by atoms with Crippen molar-refractivity contribution < 1.29 is 13.9 Å². The highest BCUT2D eigenvalue weighted by Crippen LogP contribution is 2.38. The summed E-state index contributed by atoms with van der Waals surface area (Å²) in [6.45, 7) is 6.25. The van der Waals surface area contributed by atoms with Gasteiger partial charge in [-0.2, -0.15) is 4.98 Å². The molecule has 34 heavy (non-hydrogen) atoms. The van der Waals surface area contributed by atoms with Crippen LogP contribution in [0.3, 0.4) is 0 Å². The Bertz CT molecular complexity index is 1130. The summed E-state index contributed by atoms with van der Waals surface area (Å²) in [5.74, 6) is 1.25. The quantitative estimate of drug-likeness (QED) is 0.488. The Morgan fingerprint density at radius 3 is 2.53 bits per heavy atom. The van der Waals surface area contributed by atoms with Crippen LogP contribution in [0, 0.1) is 19.7 Å². The summed E-state index contributed by atoms with van der Waals surface area (Å²) in [6.07, 6.45) is 3.38. The van der Waals surface area contributed by atoms with Crippen molar-refractivity contribution in [3.63, 3.8) is 0 Å². The first-order valence-corrected chi connectivity index (χ1v) is 11.6. The summed E-state index contributed by atoms with van der Waals surface area (Å²) in [6, 6.07) is 8.44. The molecule has 0 bridgehead atoms. The Hall–Kier alpha value is -2.97. The fourth-order valence-electron chi connectivity index (χ4n) is 4.68. The second-order valence-electron chi connectivity index (χ2n) is 8.71. The van der Waals surface area contributed by atoms with Crippen LogP contribution in [0.15, 0.2) is 36.5 Å². The molecule has 0 radical (unpaired) electrons. The van der Waals surface area contributed by atoms with Crippen LogP contribution in [0.5, 0.6) is 5.75 Å². The van der Waals surface area contributed by atoms with Crippen LogP contribution in [0.25, 0.3) is 0 Å². The number of aryl methyl sites for hydroxylation is 1. The Morgan fingerprint density at radius 2 is 1.88 bits per heavy atom. The molecule has 7 nitrogen and oxygen atoms in total. The molecular weight excluding hydrogens is 457 g/mol. The molecule has 0 spiro atoms. The number of nitrogens with two attached hydrogens (primary N) is 1. The molecule has 4 rings (SSSR count). The highest BCUT2D eigenvalue weighted by atomic mass is 35.5. The van der Waals surface area contributed by atoms with E-state index in [0.29, 0.717) is 32.1 Å². The lowest BCUT2D eigenvalue weighted by Gasteiger charge is -2.42. The van der Waals surface area contributed by atoms with Crippen LogP contribution >= 0.6 is 11.6 Å². The van der Waals surface area contributed by atoms with Gasteiger partial charge in [-0.15, -0.1) is 0 Å². The minimum Gasteiger partial charge on any atom is -0.496 e. The topological polar surface area (TPSA) is 86.4 Å². The Balaban J connectivity index is 1.78. The van der Waals surface area contributed by atoms with Gasteiger partial charge in [0, 0.05) is 48.6 Å². The van der Waals surface area contributed by atoms with E-state index in [1.165, 1.54) is 12.1 Å². The van der Waals surface area contributed by atoms with Gasteiger partial charge in [0.1, 0.15) is 22.5 Å². The van der Waals surface area contributed by atoms with E-state index in [2.05, 4.69) is 14.9 Å². The van der Waals surface area contributed by atoms with Gasteiger partial charge in [-0.3, -0.25) is 4.98 Å². The van der Waals surface area contributed by atoms with E-state index < -0.39 is 0 Å². The number of halogens is 2. The standard InChI is InChI=1S/C25H29ClFN5O2/c1-16-13-29-20(17(2)23(16)33-3)14-32(22-12-21(26)30-24(28)31-22)15-25(8-10-34-11-9-25)18-4-6-19(27)7-5-18/h4-7,12-13H,8-11,14-15H2,1-3H3,(H2,28,30,31). The minimum atomic E-state index is -0.277. The molecule has 2 aromatic heterocycles. The molecule has 1 aliphatic rings. The number of anilines is 2. The fourth-order valence-corrected chi connectivity index (χ4v) is 4.87. The smallest absolute Gasteiger partial charge is 0.223 e. The normalized spacial score (nSPS) is 15.2. The maximum Gasteiger partial charge on any atom is 0.223 e. The highest BCUT2D eigenvalue weighted by Gasteiger charge is 2.37. The molecule has 1 aromatic carbocycles. The maximum absolute atomic E-state index is 13.7. The molecule has 1 fully saturated rings. The summed E-state index contributed by atoms with van der Waals surface area (Å²) in [7, 11) is 1.66. The minimum absolute atomic E-state index is 0.0986. The summed E-state index contributed by atoms with van der Waals surface area (Å²) < 4.78 is 25.0. The number of ether oxygens (including phenoxy) is 2. The first kappa shape index (κ1) is 24.2. The van der Waals surface area contributed by atoms with E-state index in [-0.39, 0.29) is 22.3 Å². The summed E-state index contributed by atoms with van der Waals surface area (Å²) in [5.41, 5.74) is 9.52. The number of methoxy groups -OCH3 is 1. The summed E-state index contributed by atoms with van der Waals surface area (Å²) >= 11 is 6.25. The average molecular weight is 486 g/mol. The molecule has 1 aliphatic heterocycles. The van der Waals surface area contributed by atoms with Crippen molar-refractivity contribution in [2.75, 3.05) is 37.5 Å². The van der Waals surface area contributed by atoms with E-state index in [4.69, 9.17) is 31.8 Å². The van der Waals surface area contributed by atoms with Gasteiger partial charge < -0.3 is 20.1 Å². The summed E-state index contributed by atoms with van der Waals surface area (Å²) in [4.78, 5) is 15.3. The number of hydrogen-bond donors (Lipinski definition) is 1. The third-order valence-electron chi connectivity index (χ3n) is 6.51. The first-order chi connectivity index (χ1) is 16.3. The lowest BCUT2D eigenvalue weighted by molar-refractivity contribution is 0.0520. The molecule has 0 unspecified atom stereocenters. The zero-order valence-corrected chi connectivity index (χ0v) is 20.4. The third kappa shape index (κ3) is 5.08. The second-order valence-corrected chi connectivity index (χ2v) is 9.10. The van der Waals surface area contributed by atoms with Crippen LogP contribution < -0.4 is 15.4 Å². The number of hydrogen-bond acceptors (Lipinski definition) is 7. The van der Waals surface area contributed by atoms with Crippen LogP contribution in [0.2, 0.25) is 5.15 Å². The first-order valence-electron chi connectivity index (χ1n) is 11.2. The molecule has 3 aromatic rings. The van der Waals surface area contributed by atoms with Crippen LogP contribution in [-0.4, -0.2) is 41.8 Å². The monoisotopic (exact) mass is 485 g/mol. The third-order valence-corrected chi connectivity index (χ3v) is 6.71. The van der Waals surface area contributed by atoms with Gasteiger partial charge in [0.25, 0.3) is 0 Å². The van der Waals surface area contributed by atoms with Crippen molar-refractivity contribution >= 4 is 23.4 Å². The van der Waals surface area contributed by atoms with Crippen LogP contribution in [0.1, 0.15) is 35.2 Å². The van der Waals surface area contributed by atoms with Crippen molar-refractivity contribution in [2.45, 2.75) is 38.6 Å². The molecule has 0 saturated carbocycles. The van der Waals surface area contributed by atoms with Gasteiger partial charge in [0.15, 0.2) is 0 Å². The molecule has 1 saturated heterocycles. The number of nitrogens with zero attached hydrogens (tertiary/aromatic N) is 4. The van der Waals surface area contributed by atoms with E-state index in [9.17, 15) is 4.39 Å². The van der Waals surface area contributed by atoms with E-state index >= 15 is 0 Å². The predicted octanol–water partition coefficient (Wildman–Crippen LogP) is 4.63. The summed E-state index contributed by atoms with van der Waals surface area (Å²) in [5, 5.41) is 0.265. The van der Waals surface area contributed by atoms with Gasteiger partial charge in [-0.1, -0.05) is 23.7 Å². The van der Waals surface area contributed by atoms with Gasteiger partial charge in [-0.25, -0.2) is 9.37 Å². The molecule has 9 heteroatoms. The Morgan fingerprint density at radius 1 is 1.18 bits per heavy atom. The lowest BCUT2D eigenvalue weighted by Crippen LogP contribution is -2.45. The van der Waals surface area contributed by atoms with Crippen molar-refractivity contribution in [3.8, 4) is 5.75 Å². The zero-order chi connectivity index (χ0) is 24.3. The van der Waals surface area contributed by atoms with Gasteiger partial charge >= 0.3 is 0 Å². The van der Waals surface area contributed by atoms with Gasteiger partial charge in [-0.05, 0) is 44.4 Å². The van der Waals surface area contributed by atoms with E-state index in [1.807, 2.05) is 32.2 Å². The maximum atomic E-state index is 13.7. The molecule has 0 amide bonds. The van der Waals surface area contributed by atoms with Crippen molar-refractivity contribution in [3.05, 3.63) is 69.9 Å². The molecule has 3 heterocycles. The number of pyridine rings is 1. The number of rotatable bonds is 7. The van der Waals surface area contributed by atoms with E-state index in [0.717, 1.165) is 41.0 Å². The molecular formula is C25H29ClFN5O2. The highest BCUT2D eigenvalue weighted by molar-refractivity contribution is 6.29. The van der Waals surface area contributed by atoms with Crippen LogP contribution in [-0.2, 0) is 16.7 Å². The largest absolute Gasteiger partial charge is 0.496 e. The zero-order valence-electron chi connectivity index (χ0n) is 19.6. The fraction of sp³-hybridized carbons (Fsp3) is 0.400. The van der Waals surface area contributed by atoms with Gasteiger partial charge in [0.2, 0.25) is 5.95 Å². The van der Waals surface area contributed by atoms with Crippen LogP contribution in [0.4, 0.5) is 16.2 Å². The number of nitrogen functional groups attached to an aromatic ring is 1.